The molecule has 0 N–H and O–H groups in total. The normalized spacial score (nSPS) is 27.7. The van der Waals surface area contributed by atoms with Crippen LogP contribution >= 0.6 is 0 Å². The monoisotopic (exact) mass is 240 g/mol. The Hall–Kier alpha value is -0.860. The molecule has 0 aromatic rings. The highest BCUT2D eigenvalue weighted by Gasteiger charge is 2.56. The largest absolute Gasteiger partial charge is 0.465 e. The van der Waals surface area contributed by atoms with Gasteiger partial charge in [0.15, 0.2) is 0 Å². The molecule has 3 heteroatoms. The van der Waals surface area contributed by atoms with E-state index in [9.17, 15) is 9.59 Å². The molecule has 1 saturated carbocycles. The van der Waals surface area contributed by atoms with E-state index in [1.54, 1.807) is 6.92 Å². The molecular formula is C14H24O3. The molecule has 0 bridgehead atoms. The smallest absolute Gasteiger partial charge is 0.319 e. The van der Waals surface area contributed by atoms with Crippen LogP contribution in [0.1, 0.15) is 53.4 Å². The zero-order valence-corrected chi connectivity index (χ0v) is 11.4. The van der Waals surface area contributed by atoms with E-state index in [4.69, 9.17) is 4.74 Å². The summed E-state index contributed by atoms with van der Waals surface area (Å²) < 4.78 is 5.08. The van der Waals surface area contributed by atoms with Crippen molar-refractivity contribution in [2.45, 2.75) is 53.4 Å². The third kappa shape index (κ3) is 2.70. The SMILES string of the molecule is CCCC(=O)C1(C(=O)OCC)CC(C(C)C)C1. The average Bonchev–Trinajstić information content (AvgIpc) is 2.16. The fourth-order valence-electron chi connectivity index (χ4n) is 2.55. The Kier molecular flexibility index (Phi) is 4.72. The Morgan fingerprint density at radius 1 is 1.29 bits per heavy atom. The molecule has 0 radical (unpaired) electrons. The van der Waals surface area contributed by atoms with Gasteiger partial charge in [0.2, 0.25) is 0 Å². The van der Waals surface area contributed by atoms with Gasteiger partial charge in [-0.3, -0.25) is 9.59 Å². The topological polar surface area (TPSA) is 43.4 Å². The van der Waals surface area contributed by atoms with E-state index in [2.05, 4.69) is 13.8 Å². The standard InChI is InChI=1S/C14H24O3/c1-5-7-12(15)14(13(16)17-6-2)8-11(9-14)10(3)4/h10-11H,5-9H2,1-4H3. The molecule has 3 nitrogen and oxygen atoms in total. The average molecular weight is 240 g/mol. The van der Waals surface area contributed by atoms with Crippen LogP contribution in [0, 0.1) is 17.3 Å². The van der Waals surface area contributed by atoms with E-state index in [0.29, 0.717) is 37.7 Å². The van der Waals surface area contributed by atoms with E-state index >= 15 is 0 Å². The van der Waals surface area contributed by atoms with Gasteiger partial charge in [-0.2, -0.15) is 0 Å². The van der Waals surface area contributed by atoms with E-state index in [1.165, 1.54) is 0 Å². The first kappa shape index (κ1) is 14.2. The summed E-state index contributed by atoms with van der Waals surface area (Å²) in [6, 6.07) is 0. The third-order valence-electron chi connectivity index (χ3n) is 3.84. The minimum atomic E-state index is -0.805. The quantitative estimate of drug-likeness (QED) is 0.529. The maximum absolute atomic E-state index is 12.1. The molecule has 0 aromatic carbocycles. The van der Waals surface area contributed by atoms with Crippen LogP contribution in [-0.2, 0) is 14.3 Å². The van der Waals surface area contributed by atoms with Crippen LogP contribution in [0.15, 0.2) is 0 Å². The van der Waals surface area contributed by atoms with Crippen molar-refractivity contribution in [1.82, 2.24) is 0 Å². The van der Waals surface area contributed by atoms with Crippen LogP contribution in [0.4, 0.5) is 0 Å². The number of esters is 1. The van der Waals surface area contributed by atoms with Gasteiger partial charge in [0.25, 0.3) is 0 Å². The molecule has 0 saturated heterocycles. The van der Waals surface area contributed by atoms with Gasteiger partial charge in [0, 0.05) is 6.42 Å². The summed E-state index contributed by atoms with van der Waals surface area (Å²) in [6.07, 6.45) is 2.65. The number of ketones is 1. The molecule has 17 heavy (non-hydrogen) atoms. The van der Waals surface area contributed by atoms with Crippen molar-refractivity contribution in [3.8, 4) is 0 Å². The molecule has 1 fully saturated rings. The van der Waals surface area contributed by atoms with E-state index in [0.717, 1.165) is 6.42 Å². The molecule has 0 aromatic heterocycles. The minimum absolute atomic E-state index is 0.0790. The van der Waals surface area contributed by atoms with Crippen molar-refractivity contribution in [1.29, 1.82) is 0 Å². The first-order chi connectivity index (χ1) is 7.97. The van der Waals surface area contributed by atoms with E-state index < -0.39 is 5.41 Å². The first-order valence-corrected chi connectivity index (χ1v) is 6.68. The van der Waals surface area contributed by atoms with E-state index in [-0.39, 0.29) is 11.8 Å². The van der Waals surface area contributed by atoms with Crippen LogP contribution in [0.5, 0.6) is 0 Å². The summed E-state index contributed by atoms with van der Waals surface area (Å²) in [5, 5.41) is 0. The molecule has 1 aliphatic carbocycles. The number of ether oxygens (including phenoxy) is 1. The Labute approximate surface area is 104 Å². The minimum Gasteiger partial charge on any atom is -0.465 e. The molecule has 98 valence electrons. The molecular weight excluding hydrogens is 216 g/mol. The summed E-state index contributed by atoms with van der Waals surface area (Å²) in [4.78, 5) is 24.1. The van der Waals surface area contributed by atoms with Gasteiger partial charge >= 0.3 is 5.97 Å². The maximum atomic E-state index is 12.1. The molecule has 1 rings (SSSR count). The molecule has 0 atom stereocenters. The fraction of sp³-hybridized carbons (Fsp3) is 0.857. The predicted octanol–water partition coefficient (Wildman–Crippen LogP) is 2.97. The van der Waals surface area contributed by atoms with Gasteiger partial charge in [-0.05, 0) is 38.0 Å². The van der Waals surface area contributed by atoms with Crippen LogP contribution < -0.4 is 0 Å². The number of Topliss-reactive ketones (excluding diaryl/α,β-unsaturated/α-hetero) is 1. The van der Waals surface area contributed by atoms with Crippen LogP contribution in [0.3, 0.4) is 0 Å². The van der Waals surface area contributed by atoms with Gasteiger partial charge in [0.1, 0.15) is 11.2 Å². The summed E-state index contributed by atoms with van der Waals surface area (Å²) in [5.41, 5.74) is -0.805. The van der Waals surface area contributed by atoms with Crippen molar-refractivity contribution in [3.05, 3.63) is 0 Å². The summed E-state index contributed by atoms with van der Waals surface area (Å²) in [5.74, 6) is 0.804. The lowest BCUT2D eigenvalue weighted by Crippen LogP contribution is -2.52. The Bertz CT molecular complexity index is 268. The highest BCUT2D eigenvalue weighted by molar-refractivity contribution is 6.04. The Morgan fingerprint density at radius 2 is 1.88 bits per heavy atom. The molecule has 0 spiro atoms. The van der Waals surface area contributed by atoms with Crippen molar-refractivity contribution < 1.29 is 14.3 Å². The molecule has 0 heterocycles. The number of hydrogen-bond acceptors (Lipinski definition) is 3. The number of carbonyl (C=O) groups is 2. The zero-order chi connectivity index (χ0) is 13.1. The van der Waals surface area contributed by atoms with Crippen molar-refractivity contribution in [2.24, 2.45) is 17.3 Å². The van der Waals surface area contributed by atoms with Gasteiger partial charge in [0.05, 0.1) is 6.61 Å². The highest BCUT2D eigenvalue weighted by atomic mass is 16.5. The lowest BCUT2D eigenvalue weighted by molar-refractivity contribution is -0.171. The summed E-state index contributed by atoms with van der Waals surface area (Å²) >= 11 is 0. The van der Waals surface area contributed by atoms with Gasteiger partial charge in [-0.1, -0.05) is 20.8 Å². The fourth-order valence-corrected chi connectivity index (χ4v) is 2.55. The van der Waals surface area contributed by atoms with Gasteiger partial charge < -0.3 is 4.74 Å². The summed E-state index contributed by atoms with van der Waals surface area (Å²) in [6.45, 7) is 8.39. The Morgan fingerprint density at radius 3 is 2.29 bits per heavy atom. The highest BCUT2D eigenvalue weighted by Crippen LogP contribution is 2.51. The van der Waals surface area contributed by atoms with Crippen LogP contribution in [-0.4, -0.2) is 18.4 Å². The van der Waals surface area contributed by atoms with E-state index in [1.807, 2.05) is 6.92 Å². The molecule has 0 unspecified atom stereocenters. The predicted molar refractivity (Wildman–Crippen MR) is 66.5 cm³/mol. The molecule has 0 aliphatic heterocycles. The molecule has 0 amide bonds. The third-order valence-corrected chi connectivity index (χ3v) is 3.84. The first-order valence-electron chi connectivity index (χ1n) is 6.68. The van der Waals surface area contributed by atoms with Crippen molar-refractivity contribution in [3.63, 3.8) is 0 Å². The van der Waals surface area contributed by atoms with Crippen LogP contribution in [0.25, 0.3) is 0 Å². The lowest BCUT2D eigenvalue weighted by Gasteiger charge is -2.46. The lowest BCUT2D eigenvalue weighted by atomic mass is 9.56. The number of rotatable bonds is 6. The van der Waals surface area contributed by atoms with Crippen molar-refractivity contribution >= 4 is 11.8 Å². The second-order valence-electron chi connectivity index (χ2n) is 5.39. The van der Waals surface area contributed by atoms with Crippen LogP contribution in [0.2, 0.25) is 0 Å². The maximum Gasteiger partial charge on any atom is 0.319 e. The van der Waals surface area contributed by atoms with Gasteiger partial charge in [-0.15, -0.1) is 0 Å². The number of hydrogen-bond donors (Lipinski definition) is 0. The molecule has 1 aliphatic rings. The van der Waals surface area contributed by atoms with Crippen molar-refractivity contribution in [2.75, 3.05) is 6.61 Å². The second-order valence-corrected chi connectivity index (χ2v) is 5.39. The zero-order valence-electron chi connectivity index (χ0n) is 11.4. The second kappa shape index (κ2) is 5.65. The summed E-state index contributed by atoms with van der Waals surface area (Å²) in [7, 11) is 0. The Balaban J connectivity index is 2.75. The van der Waals surface area contributed by atoms with Gasteiger partial charge in [-0.25, -0.2) is 0 Å². The number of carbonyl (C=O) groups excluding carboxylic acids is 2.